The minimum atomic E-state index is -0.119. The molecule has 1 aliphatic heterocycles. The average molecular weight is 460 g/mol. The summed E-state index contributed by atoms with van der Waals surface area (Å²) in [5.74, 6) is 0.775. The lowest BCUT2D eigenvalue weighted by Gasteiger charge is -2.38. The second-order valence-electron chi connectivity index (χ2n) is 8.23. The van der Waals surface area contributed by atoms with E-state index >= 15 is 0 Å². The second-order valence-corrected chi connectivity index (χ2v) is 9.04. The van der Waals surface area contributed by atoms with Gasteiger partial charge in [-0.1, -0.05) is 35.3 Å². The van der Waals surface area contributed by atoms with E-state index in [1.165, 1.54) is 23.8 Å². The zero-order valence-electron chi connectivity index (χ0n) is 17.7. The minimum absolute atomic E-state index is 0.000323. The smallest absolute Gasteiger partial charge is 0.311 e. The van der Waals surface area contributed by atoms with Crippen LogP contribution in [0.3, 0.4) is 0 Å². The molecule has 4 rings (SSSR count). The third-order valence-electron chi connectivity index (χ3n) is 6.02. The number of fused-ring (bicyclic) bond motifs is 1. The number of benzene rings is 2. The Labute approximate surface area is 193 Å². The van der Waals surface area contributed by atoms with E-state index in [1.807, 2.05) is 18.2 Å². The van der Waals surface area contributed by atoms with E-state index in [0.29, 0.717) is 6.61 Å². The molecule has 0 saturated carbocycles. The number of methoxy groups -OCH3 is 1. The molecule has 1 fully saturated rings. The molecule has 31 heavy (non-hydrogen) atoms. The Morgan fingerprint density at radius 2 is 1.87 bits per heavy atom. The van der Waals surface area contributed by atoms with Gasteiger partial charge in [0.2, 0.25) is 0 Å². The molecule has 0 radical (unpaired) electrons. The van der Waals surface area contributed by atoms with Crippen molar-refractivity contribution in [1.82, 2.24) is 4.90 Å². The quantitative estimate of drug-likeness (QED) is 0.393. The van der Waals surface area contributed by atoms with Crippen molar-refractivity contribution < 1.29 is 14.3 Å². The number of nitrogens with zero attached hydrogens (tertiary/aromatic N) is 1. The van der Waals surface area contributed by atoms with Gasteiger partial charge >= 0.3 is 5.97 Å². The molecule has 4 nitrogen and oxygen atoms in total. The van der Waals surface area contributed by atoms with Crippen LogP contribution in [-0.2, 0) is 22.4 Å². The maximum Gasteiger partial charge on any atom is 0.311 e. The molecule has 1 aliphatic carbocycles. The highest BCUT2D eigenvalue weighted by Crippen LogP contribution is 2.37. The van der Waals surface area contributed by atoms with Gasteiger partial charge in [0.25, 0.3) is 0 Å². The fourth-order valence-corrected chi connectivity index (χ4v) is 4.68. The third kappa shape index (κ3) is 5.43. The monoisotopic (exact) mass is 459 g/mol. The van der Waals surface area contributed by atoms with Gasteiger partial charge in [0.1, 0.15) is 5.75 Å². The molecule has 0 aromatic heterocycles. The maximum atomic E-state index is 11.6. The van der Waals surface area contributed by atoms with Gasteiger partial charge in [0.05, 0.1) is 19.6 Å². The fourth-order valence-electron chi connectivity index (χ4n) is 4.22. The molecule has 0 bridgehead atoms. The van der Waals surface area contributed by atoms with Gasteiger partial charge in [0.15, 0.2) is 0 Å². The predicted molar refractivity (Wildman–Crippen MR) is 125 cm³/mol. The number of ether oxygens (including phenoxy) is 2. The summed E-state index contributed by atoms with van der Waals surface area (Å²) in [5.41, 5.74) is 4.85. The Morgan fingerprint density at radius 1 is 1.10 bits per heavy atom. The summed E-state index contributed by atoms with van der Waals surface area (Å²) < 4.78 is 10.8. The van der Waals surface area contributed by atoms with Crippen LogP contribution >= 0.6 is 23.2 Å². The van der Waals surface area contributed by atoms with Crippen LogP contribution in [0.2, 0.25) is 5.02 Å². The second kappa shape index (κ2) is 10.1. The Morgan fingerprint density at radius 3 is 2.61 bits per heavy atom. The van der Waals surface area contributed by atoms with Gasteiger partial charge in [-0.15, -0.1) is 0 Å². The Kier molecular flexibility index (Phi) is 7.21. The van der Waals surface area contributed by atoms with Crippen molar-refractivity contribution in [2.24, 2.45) is 5.92 Å². The Hall–Kier alpha value is -2.01. The molecular formula is C25H27Cl2NO3. The number of carbonyl (C=O) groups excluding carboxylic acids is 1. The lowest BCUT2D eigenvalue weighted by molar-refractivity contribution is -0.151. The Bertz CT molecular complexity index is 965. The van der Waals surface area contributed by atoms with Crippen molar-refractivity contribution in [2.75, 3.05) is 33.4 Å². The number of aryl methyl sites for hydroxylation is 2. The average Bonchev–Trinajstić information content (AvgIpc) is 2.75. The highest BCUT2D eigenvalue weighted by atomic mass is 35.5. The van der Waals surface area contributed by atoms with Gasteiger partial charge < -0.3 is 9.47 Å². The van der Waals surface area contributed by atoms with Crippen molar-refractivity contribution in [3.8, 4) is 5.75 Å². The van der Waals surface area contributed by atoms with E-state index in [0.717, 1.165) is 66.7 Å². The first-order valence-electron chi connectivity index (χ1n) is 10.7. The lowest BCUT2D eigenvalue weighted by Crippen LogP contribution is -2.51. The molecule has 164 valence electrons. The lowest BCUT2D eigenvalue weighted by atomic mass is 9.90. The molecule has 0 N–H and O–H groups in total. The molecule has 0 atom stereocenters. The van der Waals surface area contributed by atoms with E-state index in [-0.39, 0.29) is 11.9 Å². The molecule has 6 heteroatoms. The van der Waals surface area contributed by atoms with Crippen molar-refractivity contribution in [2.45, 2.75) is 25.7 Å². The summed E-state index contributed by atoms with van der Waals surface area (Å²) in [6.45, 7) is 2.98. The molecule has 0 amide bonds. The summed E-state index contributed by atoms with van der Waals surface area (Å²) in [6.07, 6.45) is 3.81. The SMILES string of the molecule is COC(=O)C1CN(CC2=C(Cl)c3ccc(OCCCc4ccc(Cl)cc4)cc3CC2)C1. The van der Waals surface area contributed by atoms with Crippen molar-refractivity contribution in [3.63, 3.8) is 0 Å². The molecule has 0 spiro atoms. The number of rotatable bonds is 8. The largest absolute Gasteiger partial charge is 0.494 e. The number of hydrogen-bond donors (Lipinski definition) is 0. The van der Waals surface area contributed by atoms with Crippen LogP contribution < -0.4 is 4.74 Å². The van der Waals surface area contributed by atoms with Crippen LogP contribution in [0.15, 0.2) is 48.0 Å². The molecule has 0 unspecified atom stereocenters. The van der Waals surface area contributed by atoms with Gasteiger partial charge in [-0.2, -0.15) is 0 Å². The van der Waals surface area contributed by atoms with Gasteiger partial charge in [-0.3, -0.25) is 9.69 Å². The summed E-state index contributed by atoms with van der Waals surface area (Å²) in [7, 11) is 1.44. The first-order chi connectivity index (χ1) is 15.0. The number of esters is 1. The highest BCUT2D eigenvalue weighted by molar-refractivity contribution is 6.49. The molecule has 2 aromatic rings. The van der Waals surface area contributed by atoms with Crippen LogP contribution in [0.4, 0.5) is 0 Å². The zero-order chi connectivity index (χ0) is 21.8. The van der Waals surface area contributed by atoms with Gasteiger partial charge in [-0.05, 0) is 78.3 Å². The molecule has 1 heterocycles. The van der Waals surface area contributed by atoms with Crippen LogP contribution in [-0.4, -0.2) is 44.2 Å². The summed E-state index contributed by atoms with van der Waals surface area (Å²) in [6, 6.07) is 14.2. The number of halogens is 2. The summed E-state index contributed by atoms with van der Waals surface area (Å²) >= 11 is 12.7. The Balaban J connectivity index is 1.29. The van der Waals surface area contributed by atoms with Crippen molar-refractivity contribution in [3.05, 3.63) is 69.8 Å². The topological polar surface area (TPSA) is 38.8 Å². The van der Waals surface area contributed by atoms with Crippen LogP contribution in [0.5, 0.6) is 5.75 Å². The normalized spacial score (nSPS) is 16.6. The third-order valence-corrected chi connectivity index (χ3v) is 6.74. The van der Waals surface area contributed by atoms with Crippen molar-refractivity contribution >= 4 is 34.2 Å². The molecule has 2 aromatic carbocycles. The van der Waals surface area contributed by atoms with E-state index in [2.05, 4.69) is 29.2 Å². The number of likely N-dealkylation sites (tertiary alicyclic amines) is 1. The predicted octanol–water partition coefficient (Wildman–Crippen LogP) is 5.35. The maximum absolute atomic E-state index is 11.6. The van der Waals surface area contributed by atoms with Gasteiger partial charge in [0, 0.05) is 29.7 Å². The zero-order valence-corrected chi connectivity index (χ0v) is 19.2. The fraction of sp³-hybridized carbons (Fsp3) is 0.400. The van der Waals surface area contributed by atoms with Gasteiger partial charge in [-0.25, -0.2) is 0 Å². The van der Waals surface area contributed by atoms with E-state index in [4.69, 9.17) is 32.7 Å². The molecule has 1 saturated heterocycles. The van der Waals surface area contributed by atoms with E-state index in [9.17, 15) is 4.79 Å². The first-order valence-corrected chi connectivity index (χ1v) is 11.5. The highest BCUT2D eigenvalue weighted by Gasteiger charge is 2.34. The summed E-state index contributed by atoms with van der Waals surface area (Å²) in [5, 5.41) is 1.61. The molecular weight excluding hydrogens is 433 g/mol. The van der Waals surface area contributed by atoms with E-state index < -0.39 is 0 Å². The van der Waals surface area contributed by atoms with Crippen LogP contribution in [0, 0.1) is 5.92 Å². The first kappa shape index (κ1) is 22.2. The molecule has 2 aliphatic rings. The van der Waals surface area contributed by atoms with Crippen LogP contribution in [0.1, 0.15) is 29.5 Å². The van der Waals surface area contributed by atoms with Crippen LogP contribution in [0.25, 0.3) is 5.03 Å². The van der Waals surface area contributed by atoms with Crippen molar-refractivity contribution in [1.29, 1.82) is 0 Å². The van der Waals surface area contributed by atoms with E-state index in [1.54, 1.807) is 0 Å². The minimum Gasteiger partial charge on any atom is -0.494 e. The number of hydrogen-bond acceptors (Lipinski definition) is 4. The number of carbonyl (C=O) groups is 1. The standard InChI is InChI=1S/C25H27Cl2NO3/c1-30-25(29)20-15-28(16-20)14-19-7-6-18-13-22(10-11-23(18)24(19)27)31-12-2-3-17-4-8-21(26)9-5-17/h4-5,8-11,13,20H,2-3,6-7,12,14-16H2,1H3. The summed E-state index contributed by atoms with van der Waals surface area (Å²) in [4.78, 5) is 13.8.